The summed E-state index contributed by atoms with van der Waals surface area (Å²) >= 11 is 12.8. The number of phenolic OH excluding ortho intramolecular Hbond substituents is 1. The van der Waals surface area contributed by atoms with Crippen LogP contribution in [0.5, 0.6) is 23.0 Å². The molecule has 0 saturated carbocycles. The number of carbonyl (C=O) groups is 1. The Labute approximate surface area is 483 Å². The molecule has 0 unspecified atom stereocenters. The van der Waals surface area contributed by atoms with Crippen LogP contribution in [0.1, 0.15) is 54.7 Å². The smallest absolute Gasteiger partial charge is 0.871 e. The van der Waals surface area contributed by atoms with E-state index in [2.05, 4.69) is 30.8 Å². The van der Waals surface area contributed by atoms with Crippen LogP contribution in [0.15, 0.2) is 169 Å². The molecular weight excluding hydrogens is 1100 g/mol. The molecular formula is C54H46CaCl2N6O12S2. The summed E-state index contributed by atoms with van der Waals surface area (Å²) in [7, 11) is -8.98. The summed E-state index contributed by atoms with van der Waals surface area (Å²) in [5.74, 6) is -1.55. The molecule has 0 atom stereocenters. The second-order valence-corrected chi connectivity index (χ2v) is 19.7. The maximum absolute atomic E-state index is 13.4. The van der Waals surface area contributed by atoms with Gasteiger partial charge in [-0.3, -0.25) is 18.9 Å². The van der Waals surface area contributed by atoms with Crippen molar-refractivity contribution in [3.63, 3.8) is 0 Å². The Bertz CT molecular complexity index is 3860. The van der Waals surface area contributed by atoms with Crippen LogP contribution in [0.2, 0.25) is 10.0 Å². The molecule has 0 radical (unpaired) electrons. The largest absolute Gasteiger partial charge is 2.00 e. The number of carbonyl (C=O) groups excluding carboxylic acids is 1. The summed E-state index contributed by atoms with van der Waals surface area (Å²) in [5.41, 5.74) is 0.963. The fraction of sp³-hybridized carbons (Fsp3) is 0.148. The summed E-state index contributed by atoms with van der Waals surface area (Å²) in [6.07, 6.45) is 0.409. The van der Waals surface area contributed by atoms with Crippen LogP contribution >= 0.6 is 23.2 Å². The van der Waals surface area contributed by atoms with Crippen molar-refractivity contribution in [1.29, 1.82) is 0 Å². The Morgan fingerprint density at radius 2 is 1.05 bits per heavy atom. The Kier molecular flexibility index (Phi) is 20.2. The molecule has 0 aromatic heterocycles. The summed E-state index contributed by atoms with van der Waals surface area (Å²) in [6, 6.07) is 35.5. The van der Waals surface area contributed by atoms with Crippen LogP contribution in [0, 0.1) is 0 Å². The molecule has 8 aromatic rings. The Morgan fingerprint density at radius 3 is 1.58 bits per heavy atom. The van der Waals surface area contributed by atoms with Gasteiger partial charge in [-0.2, -0.15) is 21.9 Å². The number of halogens is 2. The number of aromatic hydroxyl groups is 1. The molecule has 23 heteroatoms. The minimum Gasteiger partial charge on any atom is -0.871 e. The number of nitrogens with one attached hydrogen (secondary N) is 1. The number of anilines is 1. The first-order valence-corrected chi connectivity index (χ1v) is 26.8. The quantitative estimate of drug-likeness (QED) is 0.0231. The van der Waals surface area contributed by atoms with Crippen molar-refractivity contribution in [1.82, 2.24) is 0 Å². The number of phenols is 1. The summed E-state index contributed by atoms with van der Waals surface area (Å²) in [5, 5.41) is 59.2. The number of aliphatic imine (C=N–C) groups is 1. The van der Waals surface area contributed by atoms with Crippen molar-refractivity contribution < 1.29 is 55.5 Å². The van der Waals surface area contributed by atoms with E-state index in [-0.39, 0.29) is 121 Å². The first-order chi connectivity index (χ1) is 36.3. The molecule has 0 bridgehead atoms. The molecule has 0 heterocycles. The van der Waals surface area contributed by atoms with E-state index >= 15 is 0 Å². The van der Waals surface area contributed by atoms with Crippen molar-refractivity contribution in [2.75, 3.05) is 18.5 Å². The number of rotatable bonds is 16. The van der Waals surface area contributed by atoms with Crippen LogP contribution in [0.3, 0.4) is 0 Å². The molecule has 392 valence electrons. The van der Waals surface area contributed by atoms with E-state index in [0.717, 1.165) is 0 Å². The van der Waals surface area contributed by atoms with Gasteiger partial charge in [0.2, 0.25) is 0 Å². The fourth-order valence-corrected chi connectivity index (χ4v) is 10.3. The molecule has 0 saturated heterocycles. The minimum atomic E-state index is -4.50. The van der Waals surface area contributed by atoms with Gasteiger partial charge in [0.1, 0.15) is 34.2 Å². The number of azo groups is 2. The van der Waals surface area contributed by atoms with Crippen molar-refractivity contribution in [2.24, 2.45) is 25.4 Å². The predicted molar refractivity (Wildman–Crippen MR) is 294 cm³/mol. The van der Waals surface area contributed by atoms with Gasteiger partial charge >= 0.3 is 37.7 Å². The standard InChI is InChI=1S/2C27H24ClN3O6S.Ca/c2*1-3-17-23(38(34,35)36)14-13-21(24(17)28)30-31-25-18-10-6-5-9-16(18)15-19(26(25)32)27(33)29-20-11-7-8-12-22(20)37-4-2;/h2*5-15,32H,3-4H2,1-2H3,(H,29,33)(H,34,35,36);/q;;+2/p-2. The van der Waals surface area contributed by atoms with Gasteiger partial charge in [-0.15, -0.1) is 15.3 Å². The van der Waals surface area contributed by atoms with E-state index in [1.807, 2.05) is 6.92 Å². The van der Waals surface area contributed by atoms with E-state index in [1.165, 1.54) is 30.3 Å². The Hall–Kier alpha value is -6.72. The maximum atomic E-state index is 13.4. The van der Waals surface area contributed by atoms with Crippen molar-refractivity contribution in [2.45, 2.75) is 50.3 Å². The number of nitrogens with zero attached hydrogens (tertiary/aromatic N) is 5. The SMILES string of the molecule is CCOc1ccccc1N=C([O-])c1cc2ccccc2c(N=Nc2ccc(S(=O)(=O)O)c(CC)c2Cl)c1[O-].CCOc1ccccc1NC(=O)c1cc2ccccc2c(N=Nc2ccc(S(=O)(=O)O)c(CC)c2Cl)c1O.[Ca+2]. The van der Waals surface area contributed by atoms with E-state index < -0.39 is 43.5 Å². The third kappa shape index (κ3) is 13.7. The van der Waals surface area contributed by atoms with Crippen LogP contribution in [-0.4, -0.2) is 93.8 Å². The monoisotopic (exact) mass is 1140 g/mol. The first kappa shape index (κ1) is 59.5. The minimum absolute atomic E-state index is 0. The first-order valence-electron chi connectivity index (χ1n) is 23.2. The van der Waals surface area contributed by atoms with Gasteiger partial charge in [-0.05, 0) is 121 Å². The zero-order valence-corrected chi connectivity index (χ0v) is 46.9. The van der Waals surface area contributed by atoms with Gasteiger partial charge in [-0.25, -0.2) is 0 Å². The summed E-state index contributed by atoms with van der Waals surface area (Å²) in [4.78, 5) is 16.7. The van der Waals surface area contributed by atoms with E-state index in [0.29, 0.717) is 51.9 Å². The van der Waals surface area contributed by atoms with E-state index in [4.69, 9.17) is 32.7 Å². The average Bonchev–Trinajstić information content (AvgIpc) is 3.39. The van der Waals surface area contributed by atoms with Crippen molar-refractivity contribution >= 4 is 149 Å². The van der Waals surface area contributed by atoms with E-state index in [9.17, 15) is 46.1 Å². The van der Waals surface area contributed by atoms with Crippen molar-refractivity contribution in [3.8, 4) is 23.0 Å². The van der Waals surface area contributed by atoms with Gasteiger partial charge in [0.05, 0.1) is 50.0 Å². The number of para-hydroxylation sites is 4. The summed E-state index contributed by atoms with van der Waals surface area (Å²) < 4.78 is 76.8. The number of fused-ring (bicyclic) bond motifs is 2. The van der Waals surface area contributed by atoms with E-state index in [1.54, 1.807) is 124 Å². The fourth-order valence-electron chi connectivity index (χ4n) is 7.88. The molecule has 8 rings (SSSR count). The molecule has 0 fully saturated rings. The van der Waals surface area contributed by atoms with Gasteiger partial charge in [0.25, 0.3) is 26.1 Å². The second-order valence-electron chi connectivity index (χ2n) is 16.2. The third-order valence-corrected chi connectivity index (χ3v) is 14.1. The number of hydrogen-bond donors (Lipinski definition) is 4. The molecule has 0 aliphatic rings. The van der Waals surface area contributed by atoms with Crippen LogP contribution in [-0.2, 0) is 33.1 Å². The maximum Gasteiger partial charge on any atom is 2.00 e. The average molecular weight is 1150 g/mol. The Morgan fingerprint density at radius 1 is 0.597 bits per heavy atom. The summed E-state index contributed by atoms with van der Waals surface area (Å²) in [6.45, 7) is 7.77. The topological polar surface area (TPSA) is 284 Å². The second kappa shape index (κ2) is 26.1. The number of hydrogen-bond acceptors (Lipinski definition) is 15. The molecule has 77 heavy (non-hydrogen) atoms. The van der Waals surface area contributed by atoms with Gasteiger partial charge in [0.15, 0.2) is 5.75 Å². The normalized spacial score (nSPS) is 11.9. The third-order valence-electron chi connectivity index (χ3n) is 11.4. The Balaban J connectivity index is 0.000000246. The molecule has 0 aliphatic heterocycles. The number of benzene rings is 8. The number of ether oxygens (including phenoxy) is 2. The van der Waals surface area contributed by atoms with Crippen LogP contribution in [0.4, 0.5) is 34.1 Å². The van der Waals surface area contributed by atoms with Gasteiger partial charge in [0, 0.05) is 10.8 Å². The predicted octanol–water partition coefficient (Wildman–Crippen LogP) is 12.3. The van der Waals surface area contributed by atoms with Gasteiger partial charge in [-0.1, -0.05) is 116 Å². The zero-order valence-electron chi connectivity index (χ0n) is 41.6. The number of amides is 1. The van der Waals surface area contributed by atoms with Crippen LogP contribution in [0.25, 0.3) is 21.5 Å². The zero-order chi connectivity index (χ0) is 54.9. The van der Waals surface area contributed by atoms with Crippen molar-refractivity contribution in [3.05, 3.63) is 166 Å². The molecule has 4 N–H and O–H groups in total. The molecule has 8 aromatic carbocycles. The van der Waals surface area contributed by atoms with Crippen LogP contribution < -0.4 is 25.0 Å². The molecule has 18 nitrogen and oxygen atoms in total. The molecule has 0 aliphatic carbocycles. The van der Waals surface area contributed by atoms with Gasteiger partial charge < -0.3 is 30.1 Å². The molecule has 0 spiro atoms. The molecule has 1 amide bonds.